The van der Waals surface area contributed by atoms with Crippen molar-refractivity contribution in [2.75, 3.05) is 0 Å². The van der Waals surface area contributed by atoms with E-state index in [0.717, 1.165) is 17.3 Å². The highest BCUT2D eigenvalue weighted by Crippen LogP contribution is 2.44. The van der Waals surface area contributed by atoms with Crippen LogP contribution in [-0.4, -0.2) is 0 Å². The molecule has 0 radical (unpaired) electrons. The van der Waals surface area contributed by atoms with Gasteiger partial charge in [-0.05, 0) is 42.9 Å². The Kier molecular flexibility index (Phi) is 24.6. The third-order valence-electron chi connectivity index (χ3n) is 9.89. The monoisotopic (exact) mass is 533 g/mol. The SMILES string of the molecule is CC(C)CCCCCCCCCCCCCC1(CCCCCCCCCCCCCC(C)C)CCCCC1. The highest BCUT2D eigenvalue weighted by atomic mass is 14.4. The summed E-state index contributed by atoms with van der Waals surface area (Å²) in [5.41, 5.74) is 0.753. The molecule has 1 aliphatic rings. The fourth-order valence-electron chi connectivity index (χ4n) is 7.21. The summed E-state index contributed by atoms with van der Waals surface area (Å²) in [4.78, 5) is 0. The van der Waals surface area contributed by atoms with Gasteiger partial charge in [-0.3, -0.25) is 0 Å². The van der Waals surface area contributed by atoms with Crippen LogP contribution in [0.1, 0.15) is 227 Å². The Bertz CT molecular complexity index is 419. The van der Waals surface area contributed by atoms with E-state index in [1.54, 1.807) is 25.7 Å². The van der Waals surface area contributed by atoms with E-state index in [4.69, 9.17) is 0 Å². The number of hydrogen-bond donors (Lipinski definition) is 0. The summed E-state index contributed by atoms with van der Waals surface area (Å²) in [7, 11) is 0. The van der Waals surface area contributed by atoms with Gasteiger partial charge in [-0.1, -0.05) is 201 Å². The molecule has 0 amide bonds. The quantitative estimate of drug-likeness (QED) is 0.0879. The summed E-state index contributed by atoms with van der Waals surface area (Å²) in [6, 6.07) is 0. The van der Waals surface area contributed by atoms with Crippen LogP contribution >= 0.6 is 0 Å². The first-order valence-electron chi connectivity index (χ1n) is 18.5. The van der Waals surface area contributed by atoms with Gasteiger partial charge in [0.2, 0.25) is 0 Å². The lowest BCUT2D eigenvalue weighted by molar-refractivity contribution is 0.146. The second-order valence-corrected chi connectivity index (χ2v) is 14.7. The Morgan fingerprint density at radius 1 is 0.342 bits per heavy atom. The Balaban J connectivity index is 1.95. The maximum Gasteiger partial charge on any atom is -0.0297 e. The maximum absolute atomic E-state index is 2.36. The molecule has 0 bridgehead atoms. The molecule has 1 aliphatic carbocycles. The minimum atomic E-state index is 0.753. The topological polar surface area (TPSA) is 0 Å². The molecule has 0 aromatic rings. The normalized spacial score (nSPS) is 15.6. The van der Waals surface area contributed by atoms with Crippen molar-refractivity contribution in [3.05, 3.63) is 0 Å². The molecule has 1 saturated carbocycles. The van der Waals surface area contributed by atoms with Crippen LogP contribution in [-0.2, 0) is 0 Å². The van der Waals surface area contributed by atoms with Crippen LogP contribution in [0.5, 0.6) is 0 Å². The molecule has 0 atom stereocenters. The molecule has 0 nitrogen and oxygen atoms in total. The molecule has 0 heterocycles. The van der Waals surface area contributed by atoms with Gasteiger partial charge in [0, 0.05) is 0 Å². The van der Waals surface area contributed by atoms with E-state index in [2.05, 4.69) is 27.7 Å². The molecule has 0 unspecified atom stereocenters. The lowest BCUT2D eigenvalue weighted by Crippen LogP contribution is -2.24. The van der Waals surface area contributed by atoms with Crippen LogP contribution in [0, 0.1) is 17.3 Å². The van der Waals surface area contributed by atoms with Crippen LogP contribution < -0.4 is 0 Å². The van der Waals surface area contributed by atoms with E-state index in [9.17, 15) is 0 Å². The molecule has 0 aromatic carbocycles. The fourth-order valence-corrected chi connectivity index (χ4v) is 7.21. The number of unbranched alkanes of at least 4 members (excludes halogenated alkanes) is 20. The van der Waals surface area contributed by atoms with Crippen molar-refractivity contribution in [1.82, 2.24) is 0 Å². The number of rotatable bonds is 28. The average molecular weight is 533 g/mol. The zero-order valence-corrected chi connectivity index (χ0v) is 27.6. The Labute approximate surface area is 243 Å². The zero-order chi connectivity index (χ0) is 27.6. The van der Waals surface area contributed by atoms with E-state index < -0.39 is 0 Å². The van der Waals surface area contributed by atoms with Crippen molar-refractivity contribution < 1.29 is 0 Å². The van der Waals surface area contributed by atoms with Gasteiger partial charge in [0.25, 0.3) is 0 Å². The first-order chi connectivity index (χ1) is 18.5. The predicted octanol–water partition coefficient (Wildman–Crippen LogP) is 14.4. The minimum Gasteiger partial charge on any atom is -0.0628 e. The largest absolute Gasteiger partial charge is 0.0628 e. The molecule has 0 N–H and O–H groups in total. The summed E-state index contributed by atoms with van der Waals surface area (Å²) in [5, 5.41) is 0. The molecular weight excluding hydrogens is 456 g/mol. The van der Waals surface area contributed by atoms with E-state index in [1.165, 1.54) is 173 Å². The molecule has 0 aliphatic heterocycles. The highest BCUT2D eigenvalue weighted by Gasteiger charge is 2.30. The standard InChI is InChI=1S/C38H76/c1-36(2)30-24-19-15-11-7-5-9-13-17-21-26-32-38(34-28-23-29-35-38)33-27-22-18-14-10-6-8-12-16-20-25-31-37(3)4/h36-37H,5-35H2,1-4H3. The summed E-state index contributed by atoms with van der Waals surface area (Å²) in [5.74, 6) is 1.79. The molecule has 0 aromatic heterocycles. The van der Waals surface area contributed by atoms with E-state index in [0.29, 0.717) is 0 Å². The number of hydrogen-bond acceptors (Lipinski definition) is 0. The molecule has 1 rings (SSSR count). The van der Waals surface area contributed by atoms with Crippen molar-refractivity contribution in [1.29, 1.82) is 0 Å². The third-order valence-corrected chi connectivity index (χ3v) is 9.89. The third kappa shape index (κ3) is 22.8. The fraction of sp³-hybridized carbons (Fsp3) is 1.00. The lowest BCUT2D eigenvalue weighted by atomic mass is 9.68. The van der Waals surface area contributed by atoms with Crippen molar-refractivity contribution in [2.24, 2.45) is 17.3 Å². The van der Waals surface area contributed by atoms with Crippen LogP contribution in [0.3, 0.4) is 0 Å². The second kappa shape index (κ2) is 25.9. The van der Waals surface area contributed by atoms with Gasteiger partial charge in [-0.25, -0.2) is 0 Å². The zero-order valence-electron chi connectivity index (χ0n) is 27.6. The lowest BCUT2D eigenvalue weighted by Gasteiger charge is -2.38. The first kappa shape index (κ1) is 36.0. The van der Waals surface area contributed by atoms with Gasteiger partial charge in [0.15, 0.2) is 0 Å². The average Bonchev–Trinajstić information content (AvgIpc) is 2.89. The Morgan fingerprint density at radius 2 is 0.605 bits per heavy atom. The molecule has 228 valence electrons. The molecule has 1 fully saturated rings. The smallest absolute Gasteiger partial charge is 0.0297 e. The molecule has 38 heavy (non-hydrogen) atoms. The Morgan fingerprint density at radius 3 is 0.895 bits per heavy atom. The first-order valence-corrected chi connectivity index (χ1v) is 18.5. The summed E-state index contributed by atoms with van der Waals surface area (Å²) in [6.07, 6.45) is 46.4. The van der Waals surface area contributed by atoms with Crippen molar-refractivity contribution in [2.45, 2.75) is 227 Å². The molecule has 0 heteroatoms. The van der Waals surface area contributed by atoms with Crippen LogP contribution in [0.15, 0.2) is 0 Å². The van der Waals surface area contributed by atoms with Gasteiger partial charge in [0.1, 0.15) is 0 Å². The minimum absolute atomic E-state index is 0.753. The summed E-state index contributed by atoms with van der Waals surface area (Å²) < 4.78 is 0. The van der Waals surface area contributed by atoms with E-state index in [1.807, 2.05) is 0 Å². The van der Waals surface area contributed by atoms with Gasteiger partial charge in [-0.15, -0.1) is 0 Å². The molecule has 0 spiro atoms. The van der Waals surface area contributed by atoms with Gasteiger partial charge >= 0.3 is 0 Å². The molecular formula is C38H76. The maximum atomic E-state index is 2.36. The highest BCUT2D eigenvalue weighted by molar-refractivity contribution is 4.83. The van der Waals surface area contributed by atoms with Crippen molar-refractivity contribution in [3.63, 3.8) is 0 Å². The predicted molar refractivity (Wildman–Crippen MR) is 175 cm³/mol. The second-order valence-electron chi connectivity index (χ2n) is 14.7. The van der Waals surface area contributed by atoms with E-state index in [-0.39, 0.29) is 0 Å². The summed E-state index contributed by atoms with van der Waals surface area (Å²) in [6.45, 7) is 9.43. The Hall–Kier alpha value is 0. The van der Waals surface area contributed by atoms with Crippen LogP contribution in [0.25, 0.3) is 0 Å². The van der Waals surface area contributed by atoms with E-state index >= 15 is 0 Å². The van der Waals surface area contributed by atoms with Gasteiger partial charge < -0.3 is 0 Å². The van der Waals surface area contributed by atoms with Crippen molar-refractivity contribution in [3.8, 4) is 0 Å². The summed E-state index contributed by atoms with van der Waals surface area (Å²) >= 11 is 0. The van der Waals surface area contributed by atoms with Gasteiger partial charge in [-0.2, -0.15) is 0 Å². The van der Waals surface area contributed by atoms with Crippen LogP contribution in [0.4, 0.5) is 0 Å². The van der Waals surface area contributed by atoms with Crippen LogP contribution in [0.2, 0.25) is 0 Å². The molecule has 0 saturated heterocycles. The van der Waals surface area contributed by atoms with Crippen molar-refractivity contribution >= 4 is 0 Å². The van der Waals surface area contributed by atoms with Gasteiger partial charge in [0.05, 0.1) is 0 Å².